The molecule has 2 fully saturated rings. The summed E-state index contributed by atoms with van der Waals surface area (Å²) in [5.41, 5.74) is 0.894. The Balaban J connectivity index is 1.29. The van der Waals surface area contributed by atoms with Gasteiger partial charge in [0, 0.05) is 30.5 Å². The zero-order valence-corrected chi connectivity index (χ0v) is 24.2. The third-order valence-corrected chi connectivity index (χ3v) is 8.47. The normalized spacial score (nSPS) is 20.0. The average Bonchev–Trinajstić information content (AvgIpc) is 3.42. The van der Waals surface area contributed by atoms with Gasteiger partial charge in [0.2, 0.25) is 5.91 Å². The number of carboxylic acids is 1. The van der Waals surface area contributed by atoms with Crippen LogP contribution >= 0.6 is 11.8 Å². The summed E-state index contributed by atoms with van der Waals surface area (Å²) in [4.78, 5) is 82.4. The second-order valence-electron chi connectivity index (χ2n) is 9.89. The number of carbonyl (C=O) groups excluding carboxylic acids is 5. The molecule has 2 unspecified atom stereocenters. The molecule has 16 heteroatoms. The molecule has 2 aromatic rings. The Hall–Kier alpha value is -5.25. The molecule has 44 heavy (non-hydrogen) atoms. The molecule has 0 bridgehead atoms. The molecule has 1 aromatic heterocycles. The minimum atomic E-state index is -1.36. The van der Waals surface area contributed by atoms with Crippen LogP contribution < -0.4 is 10.6 Å². The Kier molecular flexibility index (Phi) is 8.61. The Bertz CT molecular complexity index is 1570. The molecule has 3 N–H and O–H groups in total. The molecule has 0 aliphatic carbocycles. The van der Waals surface area contributed by atoms with Crippen molar-refractivity contribution < 1.29 is 43.3 Å². The number of fused-ring (bicyclic) bond motifs is 1. The first-order valence-electron chi connectivity index (χ1n) is 13.4. The van der Waals surface area contributed by atoms with Gasteiger partial charge in [0.05, 0.1) is 6.54 Å². The van der Waals surface area contributed by atoms with Gasteiger partial charge in [-0.1, -0.05) is 40.0 Å². The van der Waals surface area contributed by atoms with E-state index in [0.717, 1.165) is 9.80 Å². The molecule has 0 saturated carbocycles. The fraction of sp³-hybridized carbons (Fsp3) is 0.286. The minimum absolute atomic E-state index is 0.0227. The number of carbonyl (C=O) groups is 6. The number of hydrazone groups is 1. The van der Waals surface area contributed by atoms with E-state index in [1.807, 2.05) is 0 Å². The van der Waals surface area contributed by atoms with Gasteiger partial charge < -0.3 is 20.5 Å². The Morgan fingerprint density at radius 2 is 1.91 bits per heavy atom. The summed E-state index contributed by atoms with van der Waals surface area (Å²) in [6.45, 7) is 4.96. The molecule has 4 heterocycles. The number of hydrazine groups is 1. The van der Waals surface area contributed by atoms with E-state index in [2.05, 4.69) is 22.3 Å². The molecule has 3 atom stereocenters. The van der Waals surface area contributed by atoms with Crippen LogP contribution in [0.25, 0.3) is 0 Å². The number of ether oxygens (including phenoxy) is 1. The van der Waals surface area contributed by atoms with E-state index in [9.17, 15) is 33.9 Å². The number of aromatic nitrogens is 1. The van der Waals surface area contributed by atoms with Crippen LogP contribution in [0, 0.1) is 0 Å². The van der Waals surface area contributed by atoms with Crippen molar-refractivity contribution in [3.05, 3.63) is 71.7 Å². The predicted molar refractivity (Wildman–Crippen MR) is 154 cm³/mol. The van der Waals surface area contributed by atoms with Gasteiger partial charge in [0.25, 0.3) is 11.6 Å². The topological polar surface area (TPSA) is 182 Å². The molecule has 6 amide bonds. The van der Waals surface area contributed by atoms with Crippen LogP contribution in [0.2, 0.25) is 0 Å². The zero-order chi connectivity index (χ0) is 31.5. The number of hydrogen-bond donors (Lipinski definition) is 3. The van der Waals surface area contributed by atoms with E-state index in [0.29, 0.717) is 11.3 Å². The first-order valence-corrected chi connectivity index (χ1v) is 14.4. The first-order chi connectivity index (χ1) is 21.1. The predicted octanol–water partition coefficient (Wildman–Crippen LogP) is 0.831. The summed E-state index contributed by atoms with van der Waals surface area (Å²) >= 11 is 1.21. The number of amides is 6. The van der Waals surface area contributed by atoms with E-state index in [-0.39, 0.29) is 36.7 Å². The maximum atomic E-state index is 13.6. The van der Waals surface area contributed by atoms with Crippen molar-refractivity contribution in [3.8, 4) is 0 Å². The Morgan fingerprint density at radius 1 is 1.16 bits per heavy atom. The summed E-state index contributed by atoms with van der Waals surface area (Å²) in [6, 6.07) is 7.81. The summed E-state index contributed by atoms with van der Waals surface area (Å²) in [5.74, 6) is -3.19. The maximum Gasteiger partial charge on any atom is 0.381 e. The van der Waals surface area contributed by atoms with Gasteiger partial charge in [-0.2, -0.15) is 0 Å². The standard InChI is InChI=1S/C28H27N7O8S/c1-16(36)43-14-18-15-44-25-21(24(38)35(25)22(18)26(39)40)30-23(37)20(17-7-4-3-5-8-17)31-27(41)33-11-12-34(28(33)42)32(2)19-9-6-10-29-13-19/h3-10,13,20-21,25H,2,11-12,14-15H2,1H3,(H2-,30,31,37,39,40,41)/p+1/t20?,21?,25-/m0/s1. The van der Waals surface area contributed by atoms with Crippen molar-refractivity contribution >= 4 is 60.0 Å². The number of aliphatic carboxylic acids is 1. The second-order valence-corrected chi connectivity index (χ2v) is 11.0. The van der Waals surface area contributed by atoms with Crippen LogP contribution in [0.3, 0.4) is 0 Å². The van der Waals surface area contributed by atoms with Crippen LogP contribution in [0.4, 0.5) is 15.3 Å². The Labute approximate surface area is 255 Å². The summed E-state index contributed by atoms with van der Waals surface area (Å²) in [6.07, 6.45) is 3.09. The number of rotatable bonds is 9. The number of β-lactam (4-membered cyclic amide) rings is 1. The maximum absolute atomic E-state index is 13.6. The van der Waals surface area contributed by atoms with Crippen molar-refractivity contribution in [2.45, 2.75) is 24.4 Å². The minimum Gasteiger partial charge on any atom is -0.477 e. The van der Waals surface area contributed by atoms with Gasteiger partial charge in [-0.15, -0.1) is 11.8 Å². The average molecular weight is 623 g/mol. The lowest BCUT2D eigenvalue weighted by atomic mass is 10.0. The van der Waals surface area contributed by atoms with Crippen molar-refractivity contribution in [2.75, 3.05) is 25.4 Å². The number of thioether (sulfide) groups is 1. The summed E-state index contributed by atoms with van der Waals surface area (Å²) in [5, 5.41) is 15.6. The van der Waals surface area contributed by atoms with Crippen LogP contribution in [-0.4, -0.2) is 109 Å². The third kappa shape index (κ3) is 5.83. The molecule has 0 radical (unpaired) electrons. The fourth-order valence-corrected chi connectivity index (χ4v) is 6.28. The van der Waals surface area contributed by atoms with Crippen LogP contribution in [0.5, 0.6) is 0 Å². The number of hydrogen-bond acceptors (Lipinski definition) is 9. The third-order valence-electron chi connectivity index (χ3n) is 7.13. The highest BCUT2D eigenvalue weighted by Gasteiger charge is 2.54. The van der Waals surface area contributed by atoms with E-state index < -0.39 is 53.3 Å². The van der Waals surface area contributed by atoms with E-state index >= 15 is 0 Å². The first kappa shape index (κ1) is 30.2. The molecule has 3 aliphatic rings. The van der Waals surface area contributed by atoms with Gasteiger partial charge in [-0.25, -0.2) is 19.3 Å². The van der Waals surface area contributed by atoms with Crippen molar-refractivity contribution in [1.29, 1.82) is 0 Å². The lowest BCUT2D eigenvalue weighted by Gasteiger charge is -2.49. The highest BCUT2D eigenvalue weighted by atomic mass is 32.2. The largest absolute Gasteiger partial charge is 0.477 e. The number of imide groups is 1. The Morgan fingerprint density at radius 3 is 2.57 bits per heavy atom. The lowest BCUT2D eigenvalue weighted by Crippen LogP contribution is -2.71. The second kappa shape index (κ2) is 12.5. The van der Waals surface area contributed by atoms with E-state index in [1.54, 1.807) is 48.7 Å². The number of esters is 1. The highest BCUT2D eigenvalue weighted by Crippen LogP contribution is 2.40. The van der Waals surface area contributed by atoms with Crippen molar-refractivity contribution in [1.82, 2.24) is 30.4 Å². The van der Waals surface area contributed by atoms with Gasteiger partial charge in [0.1, 0.15) is 42.5 Å². The zero-order valence-electron chi connectivity index (χ0n) is 23.4. The molecule has 15 nitrogen and oxygen atoms in total. The smallest absolute Gasteiger partial charge is 0.381 e. The van der Waals surface area contributed by atoms with E-state index in [1.165, 1.54) is 34.6 Å². The van der Waals surface area contributed by atoms with E-state index in [4.69, 9.17) is 4.74 Å². The molecular formula is C28H28N7O8S+. The van der Waals surface area contributed by atoms with Crippen LogP contribution in [0.1, 0.15) is 18.5 Å². The SMILES string of the molecule is C=[N+](c1cccnc1)N1CCN(C(=O)NC(C(=O)NC2C(=O)N3C(C(=O)O)=C(COC(C)=O)CS[C@@H]23)c2ccccc2)C1=O. The molecule has 228 valence electrons. The van der Waals surface area contributed by atoms with Gasteiger partial charge in [-0.05, 0) is 11.6 Å². The number of urea groups is 2. The van der Waals surface area contributed by atoms with Gasteiger partial charge in [-0.3, -0.25) is 24.3 Å². The molecule has 5 rings (SSSR count). The highest BCUT2D eigenvalue weighted by molar-refractivity contribution is 8.00. The van der Waals surface area contributed by atoms with Crippen LogP contribution in [-0.2, 0) is 23.9 Å². The molecule has 3 aliphatic heterocycles. The quantitative estimate of drug-likeness (QED) is 0.157. The monoisotopic (exact) mass is 622 g/mol. The molecule has 2 saturated heterocycles. The van der Waals surface area contributed by atoms with Crippen molar-refractivity contribution in [2.24, 2.45) is 0 Å². The number of nitrogens with one attached hydrogen (secondary N) is 2. The van der Waals surface area contributed by atoms with Crippen LogP contribution in [0.15, 0.2) is 66.1 Å². The van der Waals surface area contributed by atoms with Crippen molar-refractivity contribution in [3.63, 3.8) is 0 Å². The number of pyridine rings is 1. The number of carboxylic acid groups (broad SMARTS) is 1. The molecule has 0 spiro atoms. The number of nitrogens with zero attached hydrogens (tertiary/aromatic N) is 5. The molecular weight excluding hydrogens is 594 g/mol. The summed E-state index contributed by atoms with van der Waals surface area (Å²) < 4.78 is 6.27. The van der Waals surface area contributed by atoms with Gasteiger partial charge in [0.15, 0.2) is 6.72 Å². The number of benzene rings is 1. The molecule has 1 aromatic carbocycles. The summed E-state index contributed by atoms with van der Waals surface area (Å²) in [7, 11) is 0. The fourth-order valence-electron chi connectivity index (χ4n) is 4.95. The lowest BCUT2D eigenvalue weighted by molar-refractivity contribution is -0.588. The van der Waals surface area contributed by atoms with Gasteiger partial charge >= 0.3 is 24.0 Å².